The monoisotopic (exact) mass is 318 g/mol. The minimum absolute atomic E-state index is 0.303. The molecule has 5 nitrogen and oxygen atoms in total. The topological polar surface area (TPSA) is 64.9 Å². The summed E-state index contributed by atoms with van der Waals surface area (Å²) in [5.74, 6) is 0.892. The lowest BCUT2D eigenvalue weighted by atomic mass is 10.1. The molecular weight excluding hydrogens is 300 g/mol. The second-order valence-corrected chi connectivity index (χ2v) is 5.98. The van der Waals surface area contributed by atoms with E-state index in [0.29, 0.717) is 18.2 Å². The van der Waals surface area contributed by atoms with Crippen LogP contribution in [-0.2, 0) is 0 Å². The Labute approximate surface area is 140 Å². The highest BCUT2D eigenvalue weighted by Gasteiger charge is 2.27. The van der Waals surface area contributed by atoms with Crippen LogP contribution in [0, 0.1) is 11.3 Å². The Kier molecular flexibility index (Phi) is 3.80. The molecule has 0 aliphatic carbocycles. The van der Waals surface area contributed by atoms with E-state index < -0.39 is 0 Å². The molecule has 1 aliphatic heterocycles. The van der Waals surface area contributed by atoms with Crippen LogP contribution in [0.1, 0.15) is 18.4 Å². The minimum atomic E-state index is 0.303. The van der Waals surface area contributed by atoms with Crippen molar-refractivity contribution in [3.05, 3.63) is 54.4 Å². The number of hydrogen-bond donors (Lipinski definition) is 1. The Morgan fingerprint density at radius 2 is 2.17 bits per heavy atom. The number of fused-ring (bicyclic) bond motifs is 1. The fourth-order valence-corrected chi connectivity index (χ4v) is 3.40. The average molecular weight is 318 g/mol. The third-order valence-electron chi connectivity index (χ3n) is 4.54. The molecule has 3 heterocycles. The Morgan fingerprint density at radius 1 is 1.29 bits per heavy atom. The summed E-state index contributed by atoms with van der Waals surface area (Å²) in [6.45, 7) is 1.61. The normalized spacial score (nSPS) is 17.1. The number of ether oxygens (including phenoxy) is 1. The van der Waals surface area contributed by atoms with E-state index in [1.54, 1.807) is 12.4 Å². The summed E-state index contributed by atoms with van der Waals surface area (Å²) in [6.07, 6.45) is 5.73. The molecule has 0 bridgehead atoms. The molecule has 0 unspecified atom stereocenters. The molecule has 24 heavy (non-hydrogen) atoms. The Morgan fingerprint density at radius 3 is 3.00 bits per heavy atom. The molecule has 0 spiro atoms. The van der Waals surface area contributed by atoms with Gasteiger partial charge in [-0.3, -0.25) is 0 Å². The molecule has 1 atom stereocenters. The van der Waals surface area contributed by atoms with Gasteiger partial charge >= 0.3 is 0 Å². The van der Waals surface area contributed by atoms with Crippen molar-refractivity contribution in [3.63, 3.8) is 0 Å². The standard InChI is InChI=1S/C19H18N4O/c20-11-14-12-22-19-18(14)17(8-9-21-19)23-10-4-5-15(23)13-24-16-6-2-1-3-7-16/h1-3,6-9,12,15H,4-5,10,13H2,(H,21,22)/t15-/m0/s1. The van der Waals surface area contributed by atoms with Crippen LogP contribution in [0.3, 0.4) is 0 Å². The predicted molar refractivity (Wildman–Crippen MR) is 93.1 cm³/mol. The van der Waals surface area contributed by atoms with Crippen LogP contribution in [0.5, 0.6) is 5.75 Å². The maximum Gasteiger partial charge on any atom is 0.140 e. The van der Waals surface area contributed by atoms with E-state index in [1.165, 1.54) is 0 Å². The van der Waals surface area contributed by atoms with Crippen LogP contribution in [0.15, 0.2) is 48.8 Å². The summed E-state index contributed by atoms with van der Waals surface area (Å²) < 4.78 is 5.96. The summed E-state index contributed by atoms with van der Waals surface area (Å²) in [7, 11) is 0. The van der Waals surface area contributed by atoms with Gasteiger partial charge < -0.3 is 14.6 Å². The lowest BCUT2D eigenvalue weighted by Gasteiger charge is -2.27. The van der Waals surface area contributed by atoms with Crippen LogP contribution in [-0.4, -0.2) is 29.2 Å². The molecule has 0 saturated carbocycles. The summed E-state index contributed by atoms with van der Waals surface area (Å²) in [5.41, 5.74) is 2.47. The predicted octanol–water partition coefficient (Wildman–Crippen LogP) is 3.48. The van der Waals surface area contributed by atoms with Gasteiger partial charge in [-0.2, -0.15) is 5.26 Å². The van der Waals surface area contributed by atoms with E-state index in [0.717, 1.165) is 41.9 Å². The number of hydrogen-bond acceptors (Lipinski definition) is 4. The van der Waals surface area contributed by atoms with E-state index in [2.05, 4.69) is 20.9 Å². The molecule has 120 valence electrons. The van der Waals surface area contributed by atoms with Gasteiger partial charge in [0.1, 0.15) is 24.1 Å². The van der Waals surface area contributed by atoms with E-state index in [-0.39, 0.29) is 0 Å². The average Bonchev–Trinajstić information content (AvgIpc) is 3.27. The summed E-state index contributed by atoms with van der Waals surface area (Å²) in [5, 5.41) is 10.3. The maximum atomic E-state index is 9.37. The van der Waals surface area contributed by atoms with Gasteiger partial charge in [0.25, 0.3) is 0 Å². The lowest BCUT2D eigenvalue weighted by Crippen LogP contribution is -2.34. The van der Waals surface area contributed by atoms with Crippen molar-refractivity contribution >= 4 is 16.7 Å². The summed E-state index contributed by atoms with van der Waals surface area (Å²) in [6, 6.07) is 14.5. The number of pyridine rings is 1. The highest BCUT2D eigenvalue weighted by molar-refractivity contribution is 5.95. The van der Waals surface area contributed by atoms with Crippen molar-refractivity contribution in [3.8, 4) is 11.8 Å². The van der Waals surface area contributed by atoms with Crippen molar-refractivity contribution in [1.82, 2.24) is 9.97 Å². The molecule has 1 aromatic carbocycles. The maximum absolute atomic E-state index is 9.37. The van der Waals surface area contributed by atoms with E-state index >= 15 is 0 Å². The SMILES string of the molecule is N#Cc1c[nH]c2nccc(N3CCC[C@H]3COc3ccccc3)c12. The van der Waals surface area contributed by atoms with Crippen LogP contribution >= 0.6 is 0 Å². The molecular formula is C19H18N4O. The molecule has 1 N–H and O–H groups in total. The number of para-hydroxylation sites is 1. The Hall–Kier alpha value is -3.00. The first kappa shape index (κ1) is 14.6. The molecule has 0 radical (unpaired) electrons. The van der Waals surface area contributed by atoms with E-state index in [1.807, 2.05) is 36.4 Å². The highest BCUT2D eigenvalue weighted by Crippen LogP contribution is 2.33. The molecule has 4 rings (SSSR count). The number of nitrogens with zero attached hydrogens (tertiary/aromatic N) is 3. The number of aromatic amines is 1. The molecule has 3 aromatic rings. The number of aromatic nitrogens is 2. The zero-order valence-corrected chi connectivity index (χ0v) is 13.3. The zero-order chi connectivity index (χ0) is 16.4. The fourth-order valence-electron chi connectivity index (χ4n) is 3.40. The second kappa shape index (κ2) is 6.25. The van der Waals surface area contributed by atoms with Gasteiger partial charge in [0.15, 0.2) is 0 Å². The third-order valence-corrected chi connectivity index (χ3v) is 4.54. The van der Waals surface area contributed by atoms with Crippen molar-refractivity contribution in [2.24, 2.45) is 0 Å². The fraction of sp³-hybridized carbons (Fsp3) is 0.263. The van der Waals surface area contributed by atoms with Crippen molar-refractivity contribution in [1.29, 1.82) is 5.26 Å². The highest BCUT2D eigenvalue weighted by atomic mass is 16.5. The Balaban J connectivity index is 1.61. The number of rotatable bonds is 4. The minimum Gasteiger partial charge on any atom is -0.491 e. The van der Waals surface area contributed by atoms with Crippen LogP contribution in [0.25, 0.3) is 11.0 Å². The summed E-state index contributed by atoms with van der Waals surface area (Å²) in [4.78, 5) is 9.77. The molecule has 1 fully saturated rings. The third kappa shape index (κ3) is 2.56. The number of nitriles is 1. The zero-order valence-electron chi connectivity index (χ0n) is 13.3. The quantitative estimate of drug-likeness (QED) is 0.800. The van der Waals surface area contributed by atoms with Gasteiger partial charge in [0, 0.05) is 18.9 Å². The van der Waals surface area contributed by atoms with Gasteiger partial charge in [0.2, 0.25) is 0 Å². The largest absolute Gasteiger partial charge is 0.491 e. The molecule has 1 aliphatic rings. The molecule has 2 aromatic heterocycles. The molecule has 1 saturated heterocycles. The van der Waals surface area contributed by atoms with Gasteiger partial charge in [-0.25, -0.2) is 4.98 Å². The van der Waals surface area contributed by atoms with Crippen molar-refractivity contribution in [2.75, 3.05) is 18.1 Å². The number of benzene rings is 1. The summed E-state index contributed by atoms with van der Waals surface area (Å²) >= 11 is 0. The van der Waals surface area contributed by atoms with E-state index in [4.69, 9.17) is 4.74 Å². The first-order chi connectivity index (χ1) is 11.9. The van der Waals surface area contributed by atoms with Crippen LogP contribution < -0.4 is 9.64 Å². The number of anilines is 1. The van der Waals surface area contributed by atoms with Gasteiger partial charge in [0.05, 0.1) is 22.7 Å². The van der Waals surface area contributed by atoms with Crippen molar-refractivity contribution in [2.45, 2.75) is 18.9 Å². The van der Waals surface area contributed by atoms with Gasteiger partial charge in [-0.15, -0.1) is 0 Å². The first-order valence-electron chi connectivity index (χ1n) is 8.17. The number of H-pyrrole nitrogens is 1. The van der Waals surface area contributed by atoms with Crippen LogP contribution in [0.4, 0.5) is 5.69 Å². The molecule has 5 heteroatoms. The van der Waals surface area contributed by atoms with Crippen molar-refractivity contribution < 1.29 is 4.74 Å². The van der Waals surface area contributed by atoms with Gasteiger partial charge in [-0.05, 0) is 31.0 Å². The van der Waals surface area contributed by atoms with Crippen LogP contribution in [0.2, 0.25) is 0 Å². The molecule has 0 amide bonds. The number of nitrogens with one attached hydrogen (secondary N) is 1. The Bertz CT molecular complexity index is 881. The first-order valence-corrected chi connectivity index (χ1v) is 8.17. The van der Waals surface area contributed by atoms with Gasteiger partial charge in [-0.1, -0.05) is 18.2 Å². The smallest absolute Gasteiger partial charge is 0.140 e. The second-order valence-electron chi connectivity index (χ2n) is 5.98. The lowest BCUT2D eigenvalue weighted by molar-refractivity contribution is 0.289. The van der Waals surface area contributed by atoms with E-state index in [9.17, 15) is 5.26 Å².